The number of rotatable bonds is 3. The zero-order valence-corrected chi connectivity index (χ0v) is 17.9. The van der Waals surface area contributed by atoms with Gasteiger partial charge in [0.15, 0.2) is 0 Å². The Balaban J connectivity index is 1.44. The van der Waals surface area contributed by atoms with E-state index in [9.17, 15) is 9.59 Å². The summed E-state index contributed by atoms with van der Waals surface area (Å²) >= 11 is 6.20. The van der Waals surface area contributed by atoms with Gasteiger partial charge in [0.05, 0.1) is 18.2 Å². The summed E-state index contributed by atoms with van der Waals surface area (Å²) in [4.78, 5) is 33.1. The highest BCUT2D eigenvalue weighted by atomic mass is 35.5. The Morgan fingerprint density at radius 1 is 1.13 bits per heavy atom. The molecule has 3 heterocycles. The second-order valence-electron chi connectivity index (χ2n) is 8.18. The van der Waals surface area contributed by atoms with Crippen LogP contribution in [0.3, 0.4) is 0 Å². The number of nitrogens with zero attached hydrogens (tertiary/aromatic N) is 2. The molecule has 2 aromatic carbocycles. The van der Waals surface area contributed by atoms with E-state index in [-0.39, 0.29) is 24.3 Å². The third-order valence-electron chi connectivity index (χ3n) is 6.56. The van der Waals surface area contributed by atoms with Gasteiger partial charge < -0.3 is 4.98 Å². The molecule has 0 spiro atoms. The monoisotopic (exact) mass is 421 g/mol. The van der Waals surface area contributed by atoms with Gasteiger partial charge in [0, 0.05) is 34.2 Å². The predicted molar refractivity (Wildman–Crippen MR) is 119 cm³/mol. The molecule has 1 saturated heterocycles. The quantitative estimate of drug-likeness (QED) is 0.627. The molecule has 2 unspecified atom stereocenters. The summed E-state index contributed by atoms with van der Waals surface area (Å²) in [6.07, 6.45) is 1.97. The van der Waals surface area contributed by atoms with Gasteiger partial charge in [-0.05, 0) is 61.2 Å². The number of hydrogen-bond donors (Lipinski definition) is 1. The van der Waals surface area contributed by atoms with Crippen molar-refractivity contribution < 1.29 is 9.59 Å². The number of benzene rings is 2. The minimum atomic E-state index is -0.429. The highest BCUT2D eigenvalue weighted by molar-refractivity contribution is 6.31. The first-order chi connectivity index (χ1) is 14.5. The average Bonchev–Trinajstić information content (AvgIpc) is 3.26. The maximum atomic E-state index is 13.3. The van der Waals surface area contributed by atoms with Gasteiger partial charge in [-0.25, -0.2) is 4.90 Å². The third kappa shape index (κ3) is 2.96. The van der Waals surface area contributed by atoms with Crippen LogP contribution in [-0.2, 0) is 22.4 Å². The minimum absolute atomic E-state index is 0.0177. The molecule has 2 aliphatic heterocycles. The lowest BCUT2D eigenvalue weighted by molar-refractivity contribution is -0.123. The molecule has 154 valence electrons. The molecule has 5 rings (SSSR count). The number of nitrogens with one attached hydrogen (secondary N) is 1. The highest BCUT2D eigenvalue weighted by Gasteiger charge is 2.45. The number of aromatic nitrogens is 1. The fraction of sp³-hybridized carbons (Fsp3) is 0.333. The van der Waals surface area contributed by atoms with Crippen LogP contribution in [0.2, 0.25) is 5.02 Å². The molecule has 0 bridgehead atoms. The maximum absolute atomic E-state index is 13.3. The zero-order valence-electron chi connectivity index (χ0n) is 17.1. The summed E-state index contributed by atoms with van der Waals surface area (Å²) < 4.78 is 0. The Kier molecular flexibility index (Phi) is 4.68. The second-order valence-corrected chi connectivity index (χ2v) is 8.61. The van der Waals surface area contributed by atoms with Crippen LogP contribution in [0.5, 0.6) is 0 Å². The van der Waals surface area contributed by atoms with E-state index in [1.165, 1.54) is 16.0 Å². The topological polar surface area (TPSA) is 56.4 Å². The molecule has 0 aliphatic carbocycles. The molecule has 1 aromatic heterocycles. The van der Waals surface area contributed by atoms with E-state index in [4.69, 9.17) is 11.6 Å². The van der Waals surface area contributed by atoms with Gasteiger partial charge in [-0.2, -0.15) is 0 Å². The van der Waals surface area contributed by atoms with Gasteiger partial charge in [0.25, 0.3) is 5.91 Å². The average molecular weight is 422 g/mol. The summed E-state index contributed by atoms with van der Waals surface area (Å²) in [6.45, 7) is 4.92. The van der Waals surface area contributed by atoms with E-state index in [2.05, 4.69) is 23.7 Å². The number of hydrogen-bond acceptors (Lipinski definition) is 3. The molecule has 5 nitrogen and oxygen atoms in total. The number of halogens is 1. The van der Waals surface area contributed by atoms with Crippen LogP contribution >= 0.6 is 11.6 Å². The number of amides is 2. The summed E-state index contributed by atoms with van der Waals surface area (Å²) in [5.41, 5.74) is 5.29. The molecule has 1 fully saturated rings. The van der Waals surface area contributed by atoms with Gasteiger partial charge in [0.1, 0.15) is 0 Å². The SMILES string of the molecule is CCc1ccc(N2C(=O)CC(N3CCc4c([nH]c5ccc(Cl)cc45)C3C)C2=O)cc1. The number of carbonyl (C=O) groups excluding carboxylic acids is 2. The number of fused-ring (bicyclic) bond motifs is 3. The van der Waals surface area contributed by atoms with Crippen LogP contribution < -0.4 is 4.90 Å². The lowest BCUT2D eigenvalue weighted by atomic mass is 9.96. The Hall–Kier alpha value is -2.63. The van der Waals surface area contributed by atoms with Crippen LogP contribution in [0.4, 0.5) is 5.69 Å². The normalized spacial score (nSPS) is 22.2. The maximum Gasteiger partial charge on any atom is 0.251 e. The van der Waals surface area contributed by atoms with Crippen molar-refractivity contribution in [3.63, 3.8) is 0 Å². The summed E-state index contributed by atoms with van der Waals surface area (Å²) in [6, 6.07) is 13.2. The number of aromatic amines is 1. The van der Waals surface area contributed by atoms with Crippen molar-refractivity contribution in [2.45, 2.75) is 45.2 Å². The summed E-state index contributed by atoms with van der Waals surface area (Å²) in [5, 5.41) is 1.87. The minimum Gasteiger partial charge on any atom is -0.357 e. The van der Waals surface area contributed by atoms with Gasteiger partial charge in [0.2, 0.25) is 5.91 Å². The van der Waals surface area contributed by atoms with Gasteiger partial charge in [-0.15, -0.1) is 0 Å². The highest BCUT2D eigenvalue weighted by Crippen LogP contribution is 2.38. The van der Waals surface area contributed by atoms with Gasteiger partial charge in [-0.3, -0.25) is 14.5 Å². The number of carbonyl (C=O) groups is 2. The Morgan fingerprint density at radius 3 is 2.63 bits per heavy atom. The van der Waals surface area contributed by atoms with Crippen molar-refractivity contribution in [3.8, 4) is 0 Å². The number of anilines is 1. The van der Waals surface area contributed by atoms with Crippen LogP contribution in [0.1, 0.15) is 43.1 Å². The van der Waals surface area contributed by atoms with Gasteiger partial charge >= 0.3 is 0 Å². The second kappa shape index (κ2) is 7.25. The molecule has 2 atom stereocenters. The van der Waals surface area contributed by atoms with Crippen molar-refractivity contribution in [1.29, 1.82) is 0 Å². The number of imide groups is 1. The Bertz CT molecular complexity index is 1150. The van der Waals surface area contributed by atoms with E-state index >= 15 is 0 Å². The first kappa shape index (κ1) is 19.3. The van der Waals surface area contributed by atoms with Gasteiger partial charge in [-0.1, -0.05) is 30.7 Å². The van der Waals surface area contributed by atoms with E-state index < -0.39 is 6.04 Å². The standard InChI is InChI=1S/C24H24ClN3O2/c1-3-15-4-7-17(8-5-15)28-22(29)13-21(24(28)30)27-11-10-18-19-12-16(25)6-9-20(19)26-23(18)14(27)2/h4-9,12,14,21,26H,3,10-11,13H2,1-2H3. The van der Waals surface area contributed by atoms with Crippen molar-refractivity contribution in [3.05, 3.63) is 64.3 Å². The molecular formula is C24H24ClN3O2. The molecule has 30 heavy (non-hydrogen) atoms. The first-order valence-corrected chi connectivity index (χ1v) is 10.9. The summed E-state index contributed by atoms with van der Waals surface area (Å²) in [7, 11) is 0. The number of aryl methyl sites for hydroxylation is 1. The van der Waals surface area contributed by atoms with E-state index in [0.717, 1.165) is 41.0 Å². The lowest BCUT2D eigenvalue weighted by Gasteiger charge is -2.36. The lowest BCUT2D eigenvalue weighted by Crippen LogP contribution is -2.46. The van der Waals surface area contributed by atoms with E-state index in [0.29, 0.717) is 5.69 Å². The molecular weight excluding hydrogens is 398 g/mol. The first-order valence-electron chi connectivity index (χ1n) is 10.5. The molecule has 2 amide bonds. The van der Waals surface area contributed by atoms with Crippen molar-refractivity contribution in [2.75, 3.05) is 11.4 Å². The van der Waals surface area contributed by atoms with Crippen LogP contribution in [0.15, 0.2) is 42.5 Å². The number of H-pyrrole nitrogens is 1. The van der Waals surface area contributed by atoms with E-state index in [1.807, 2.05) is 42.5 Å². The third-order valence-corrected chi connectivity index (χ3v) is 6.80. The van der Waals surface area contributed by atoms with Crippen LogP contribution in [0, 0.1) is 0 Å². The molecule has 3 aromatic rings. The van der Waals surface area contributed by atoms with Crippen LogP contribution in [0.25, 0.3) is 10.9 Å². The van der Waals surface area contributed by atoms with Crippen molar-refractivity contribution >= 4 is 40.0 Å². The fourth-order valence-corrected chi connectivity index (χ4v) is 5.09. The van der Waals surface area contributed by atoms with Crippen LogP contribution in [-0.4, -0.2) is 34.3 Å². The van der Waals surface area contributed by atoms with Crippen molar-refractivity contribution in [1.82, 2.24) is 9.88 Å². The molecule has 6 heteroatoms. The Morgan fingerprint density at radius 2 is 1.90 bits per heavy atom. The fourth-order valence-electron chi connectivity index (χ4n) is 4.92. The van der Waals surface area contributed by atoms with E-state index in [1.54, 1.807) is 0 Å². The molecule has 0 saturated carbocycles. The predicted octanol–water partition coefficient (Wildman–Crippen LogP) is 4.63. The summed E-state index contributed by atoms with van der Waals surface area (Å²) in [5.74, 6) is -0.255. The van der Waals surface area contributed by atoms with Crippen molar-refractivity contribution in [2.24, 2.45) is 0 Å². The largest absolute Gasteiger partial charge is 0.357 e. The molecule has 1 N–H and O–H groups in total. The molecule has 0 radical (unpaired) electrons. The smallest absolute Gasteiger partial charge is 0.251 e. The Labute approximate surface area is 180 Å². The molecule has 2 aliphatic rings. The zero-order chi connectivity index (χ0) is 21.0.